The topological polar surface area (TPSA) is 55.8 Å². The molecule has 2 N–H and O–H groups in total. The van der Waals surface area contributed by atoms with Gasteiger partial charge in [-0.2, -0.15) is 0 Å². The van der Waals surface area contributed by atoms with Crippen LogP contribution in [0.15, 0.2) is 54.6 Å². The summed E-state index contributed by atoms with van der Waals surface area (Å²) in [5.41, 5.74) is 3.06. The highest BCUT2D eigenvalue weighted by Crippen LogP contribution is 2.38. The van der Waals surface area contributed by atoms with Crippen molar-refractivity contribution in [2.75, 3.05) is 31.2 Å². The highest BCUT2D eigenvalue weighted by molar-refractivity contribution is 5.93. The van der Waals surface area contributed by atoms with E-state index in [-0.39, 0.29) is 17.9 Å². The molecule has 5 heteroatoms. The fourth-order valence-electron chi connectivity index (χ4n) is 5.46. The number of nitrogens with zero attached hydrogens (tertiary/aromatic N) is 2. The van der Waals surface area contributed by atoms with Crippen LogP contribution in [0.25, 0.3) is 0 Å². The van der Waals surface area contributed by atoms with E-state index in [0.29, 0.717) is 6.67 Å². The Labute approximate surface area is 172 Å². The van der Waals surface area contributed by atoms with Gasteiger partial charge >= 0.3 is 0 Å². The molecule has 1 amide bonds. The van der Waals surface area contributed by atoms with Crippen molar-refractivity contribution in [2.24, 2.45) is 5.92 Å². The summed E-state index contributed by atoms with van der Waals surface area (Å²) >= 11 is 0. The molecule has 0 aromatic heterocycles. The second-order valence-electron chi connectivity index (χ2n) is 8.70. The fourth-order valence-corrected chi connectivity index (χ4v) is 5.46. The molecule has 2 aromatic rings. The van der Waals surface area contributed by atoms with Crippen LogP contribution >= 0.6 is 0 Å². The molecule has 5 nitrogen and oxygen atoms in total. The maximum atomic E-state index is 12.8. The average molecular weight is 392 g/mol. The molecular weight excluding hydrogens is 362 g/mol. The summed E-state index contributed by atoms with van der Waals surface area (Å²) < 4.78 is 0. The summed E-state index contributed by atoms with van der Waals surface area (Å²) in [5.74, 6) is 0.425. The number of piperidine rings is 1. The minimum atomic E-state index is -0.435. The van der Waals surface area contributed by atoms with E-state index in [1.165, 1.54) is 5.56 Å². The Kier molecular flexibility index (Phi) is 4.80. The Hall–Kier alpha value is -2.37. The van der Waals surface area contributed by atoms with Crippen molar-refractivity contribution in [3.05, 3.63) is 65.7 Å². The summed E-state index contributed by atoms with van der Waals surface area (Å²) in [4.78, 5) is 17.5. The minimum Gasteiger partial charge on any atom is -0.388 e. The Morgan fingerprint density at radius 1 is 1.03 bits per heavy atom. The number of anilines is 1. The van der Waals surface area contributed by atoms with Crippen LogP contribution < -0.4 is 10.2 Å². The van der Waals surface area contributed by atoms with Crippen molar-refractivity contribution in [2.45, 2.75) is 37.3 Å². The molecule has 5 rings (SSSR count). The number of fused-ring (bicyclic) bond motifs is 1. The number of carbonyl (C=O) groups excluding carboxylic acids is 1. The number of nitrogens with one attached hydrogen (secondary N) is 1. The van der Waals surface area contributed by atoms with Gasteiger partial charge in [0.25, 0.3) is 0 Å². The predicted molar refractivity (Wildman–Crippen MR) is 114 cm³/mol. The van der Waals surface area contributed by atoms with Crippen molar-refractivity contribution in [1.82, 2.24) is 10.2 Å². The van der Waals surface area contributed by atoms with Crippen molar-refractivity contribution in [3.8, 4) is 0 Å². The van der Waals surface area contributed by atoms with Crippen LogP contribution in [0.1, 0.15) is 36.5 Å². The van der Waals surface area contributed by atoms with Crippen molar-refractivity contribution >= 4 is 11.6 Å². The molecule has 1 spiro atoms. The Bertz CT molecular complexity index is 877. The molecular formula is C24H29N3O2. The van der Waals surface area contributed by atoms with Gasteiger partial charge in [-0.3, -0.25) is 4.79 Å². The van der Waals surface area contributed by atoms with Crippen LogP contribution in [-0.2, 0) is 11.2 Å². The normalized spacial score (nSPS) is 26.4. The molecule has 2 aromatic carbocycles. The lowest BCUT2D eigenvalue weighted by molar-refractivity contribution is -0.125. The first kappa shape index (κ1) is 18.6. The third-order valence-corrected chi connectivity index (χ3v) is 7.19. The number of carbonyl (C=O) groups is 1. The van der Waals surface area contributed by atoms with Gasteiger partial charge in [0, 0.05) is 31.2 Å². The van der Waals surface area contributed by atoms with Crippen molar-refractivity contribution in [3.63, 3.8) is 0 Å². The lowest BCUT2D eigenvalue weighted by Gasteiger charge is -2.44. The molecule has 2 atom stereocenters. The van der Waals surface area contributed by atoms with Gasteiger partial charge < -0.3 is 20.2 Å². The van der Waals surface area contributed by atoms with E-state index in [4.69, 9.17) is 0 Å². The van der Waals surface area contributed by atoms with Gasteiger partial charge in [-0.15, -0.1) is 0 Å². The van der Waals surface area contributed by atoms with Gasteiger partial charge in [-0.1, -0.05) is 42.5 Å². The largest absolute Gasteiger partial charge is 0.388 e. The molecule has 2 fully saturated rings. The van der Waals surface area contributed by atoms with Crippen LogP contribution in [0.2, 0.25) is 0 Å². The lowest BCUT2D eigenvalue weighted by Crippen LogP contribution is -2.57. The number of aliphatic hydroxyl groups is 1. The first-order chi connectivity index (χ1) is 14.2. The molecule has 2 heterocycles. The Morgan fingerprint density at radius 2 is 1.76 bits per heavy atom. The number of amides is 1. The van der Waals surface area contributed by atoms with Gasteiger partial charge in [-0.25, -0.2) is 0 Å². The number of aliphatic hydroxyl groups excluding tert-OH is 1. The smallest absolute Gasteiger partial charge is 0.247 e. The molecule has 0 radical (unpaired) electrons. The van der Waals surface area contributed by atoms with Gasteiger partial charge in [0.1, 0.15) is 5.54 Å². The van der Waals surface area contributed by atoms with Crippen LogP contribution in [0.5, 0.6) is 0 Å². The summed E-state index contributed by atoms with van der Waals surface area (Å²) in [5, 5.41) is 14.0. The highest BCUT2D eigenvalue weighted by Gasteiger charge is 2.50. The number of likely N-dealkylation sites (tertiary alicyclic amines) is 1. The maximum absolute atomic E-state index is 12.8. The first-order valence-electron chi connectivity index (χ1n) is 10.8. The van der Waals surface area contributed by atoms with Gasteiger partial charge in [-0.05, 0) is 48.9 Å². The molecule has 152 valence electrons. The number of aryl methyl sites for hydroxylation is 1. The van der Waals surface area contributed by atoms with Crippen LogP contribution in [-0.4, -0.2) is 47.8 Å². The Balaban J connectivity index is 1.26. The van der Waals surface area contributed by atoms with E-state index in [0.717, 1.165) is 56.6 Å². The summed E-state index contributed by atoms with van der Waals surface area (Å²) in [6.07, 6.45) is 3.34. The van der Waals surface area contributed by atoms with E-state index in [1.54, 1.807) is 0 Å². The summed E-state index contributed by atoms with van der Waals surface area (Å²) in [6, 6.07) is 18.5. The van der Waals surface area contributed by atoms with Crippen molar-refractivity contribution in [1.29, 1.82) is 0 Å². The molecule has 2 aliphatic heterocycles. The number of hydrogen-bond donors (Lipinski definition) is 2. The Morgan fingerprint density at radius 3 is 2.55 bits per heavy atom. The number of benzene rings is 2. The maximum Gasteiger partial charge on any atom is 0.247 e. The number of para-hydroxylation sites is 1. The summed E-state index contributed by atoms with van der Waals surface area (Å²) in [7, 11) is 0. The standard InChI is InChI=1S/C24H29N3O2/c28-22-19(11-10-18-6-4-5-9-21(18)22)16-26-14-12-24(13-15-26)23(29)25-17-27(24)20-7-2-1-3-8-20/h1-9,19,22,28H,10-17H2,(H,25,29). The molecule has 0 bridgehead atoms. The molecule has 3 aliphatic rings. The zero-order valence-corrected chi connectivity index (χ0v) is 16.8. The third kappa shape index (κ3) is 3.22. The molecule has 2 saturated heterocycles. The lowest BCUT2D eigenvalue weighted by atomic mass is 9.80. The highest BCUT2D eigenvalue weighted by atomic mass is 16.3. The van der Waals surface area contributed by atoms with Crippen molar-refractivity contribution < 1.29 is 9.90 Å². The third-order valence-electron chi connectivity index (χ3n) is 7.19. The monoisotopic (exact) mass is 391 g/mol. The van der Waals surface area contributed by atoms with E-state index >= 15 is 0 Å². The average Bonchev–Trinajstić information content (AvgIpc) is 3.08. The van der Waals surface area contributed by atoms with Crippen LogP contribution in [0.4, 0.5) is 5.69 Å². The molecule has 2 unspecified atom stereocenters. The molecule has 0 saturated carbocycles. The van der Waals surface area contributed by atoms with E-state index in [2.05, 4.69) is 45.4 Å². The predicted octanol–water partition coefficient (Wildman–Crippen LogP) is 2.71. The zero-order valence-electron chi connectivity index (χ0n) is 16.8. The fraction of sp³-hybridized carbons (Fsp3) is 0.458. The number of hydrogen-bond acceptors (Lipinski definition) is 4. The SMILES string of the molecule is O=C1NCN(c2ccccc2)C12CCN(CC1CCc3ccccc3C1O)CC2. The van der Waals surface area contributed by atoms with Crippen LogP contribution in [0, 0.1) is 5.92 Å². The van der Waals surface area contributed by atoms with E-state index in [9.17, 15) is 9.90 Å². The van der Waals surface area contributed by atoms with Gasteiger partial charge in [0.2, 0.25) is 5.91 Å². The number of rotatable bonds is 3. The second-order valence-corrected chi connectivity index (χ2v) is 8.70. The first-order valence-corrected chi connectivity index (χ1v) is 10.8. The second kappa shape index (κ2) is 7.47. The van der Waals surface area contributed by atoms with E-state index < -0.39 is 5.54 Å². The minimum absolute atomic E-state index is 0.160. The molecule has 1 aliphatic carbocycles. The van der Waals surface area contributed by atoms with Gasteiger partial charge in [0.05, 0.1) is 12.8 Å². The quantitative estimate of drug-likeness (QED) is 0.845. The summed E-state index contributed by atoms with van der Waals surface area (Å²) in [6.45, 7) is 3.27. The van der Waals surface area contributed by atoms with Crippen LogP contribution in [0.3, 0.4) is 0 Å². The van der Waals surface area contributed by atoms with Gasteiger partial charge in [0.15, 0.2) is 0 Å². The molecule has 29 heavy (non-hydrogen) atoms. The van der Waals surface area contributed by atoms with E-state index in [1.807, 2.05) is 24.3 Å². The zero-order chi connectivity index (χ0) is 19.8.